The van der Waals surface area contributed by atoms with Gasteiger partial charge in [0.1, 0.15) is 5.82 Å². The molecular formula is C10H14N2O2. The summed E-state index contributed by atoms with van der Waals surface area (Å²) >= 11 is 0. The van der Waals surface area contributed by atoms with Crippen LogP contribution in [-0.4, -0.2) is 16.0 Å². The van der Waals surface area contributed by atoms with Crippen LogP contribution in [0.5, 0.6) is 0 Å². The SMILES string of the molecule is CCCC(=O)Nc1ncccc1CO. The van der Waals surface area contributed by atoms with E-state index in [2.05, 4.69) is 10.3 Å². The topological polar surface area (TPSA) is 62.2 Å². The van der Waals surface area contributed by atoms with E-state index in [1.807, 2.05) is 6.92 Å². The van der Waals surface area contributed by atoms with Gasteiger partial charge in [0.15, 0.2) is 0 Å². The molecule has 0 fully saturated rings. The highest BCUT2D eigenvalue weighted by molar-refractivity contribution is 5.90. The summed E-state index contributed by atoms with van der Waals surface area (Å²) < 4.78 is 0. The lowest BCUT2D eigenvalue weighted by atomic mass is 10.2. The average molecular weight is 194 g/mol. The van der Waals surface area contributed by atoms with E-state index in [0.717, 1.165) is 6.42 Å². The molecule has 0 unspecified atom stereocenters. The normalized spacial score (nSPS) is 9.86. The van der Waals surface area contributed by atoms with Crippen molar-refractivity contribution in [2.24, 2.45) is 0 Å². The van der Waals surface area contributed by atoms with Crippen LogP contribution in [0, 0.1) is 0 Å². The first-order valence-corrected chi connectivity index (χ1v) is 4.62. The number of carbonyl (C=O) groups is 1. The van der Waals surface area contributed by atoms with Crippen LogP contribution in [0.2, 0.25) is 0 Å². The first kappa shape index (κ1) is 10.7. The van der Waals surface area contributed by atoms with Gasteiger partial charge in [-0.15, -0.1) is 0 Å². The summed E-state index contributed by atoms with van der Waals surface area (Å²) in [6.45, 7) is 1.82. The quantitative estimate of drug-likeness (QED) is 0.759. The number of anilines is 1. The zero-order valence-electron chi connectivity index (χ0n) is 8.16. The second-order valence-electron chi connectivity index (χ2n) is 2.97. The lowest BCUT2D eigenvalue weighted by Gasteiger charge is -2.06. The molecule has 76 valence electrons. The molecule has 14 heavy (non-hydrogen) atoms. The molecule has 0 saturated carbocycles. The highest BCUT2D eigenvalue weighted by Gasteiger charge is 2.05. The standard InChI is InChI=1S/C10H14N2O2/c1-2-4-9(14)12-10-8(7-13)5-3-6-11-10/h3,5-6,13H,2,4,7H2,1H3,(H,11,12,14). The van der Waals surface area contributed by atoms with Gasteiger partial charge in [-0.1, -0.05) is 13.0 Å². The Labute approximate surface area is 83.0 Å². The first-order valence-electron chi connectivity index (χ1n) is 4.62. The monoisotopic (exact) mass is 194 g/mol. The summed E-state index contributed by atoms with van der Waals surface area (Å²) in [4.78, 5) is 15.2. The number of nitrogens with one attached hydrogen (secondary N) is 1. The maximum atomic E-state index is 11.2. The maximum Gasteiger partial charge on any atom is 0.225 e. The molecule has 0 atom stereocenters. The number of amides is 1. The van der Waals surface area contributed by atoms with Crippen molar-refractivity contribution in [1.82, 2.24) is 4.98 Å². The molecule has 0 aliphatic rings. The number of hydrogen-bond donors (Lipinski definition) is 2. The van der Waals surface area contributed by atoms with Gasteiger partial charge >= 0.3 is 0 Å². The number of aliphatic hydroxyl groups is 1. The van der Waals surface area contributed by atoms with Gasteiger partial charge in [-0.3, -0.25) is 4.79 Å². The van der Waals surface area contributed by atoms with Crippen LogP contribution in [0.4, 0.5) is 5.82 Å². The number of pyridine rings is 1. The summed E-state index contributed by atoms with van der Waals surface area (Å²) in [6, 6.07) is 3.45. The van der Waals surface area contributed by atoms with E-state index in [1.54, 1.807) is 18.3 Å². The Hall–Kier alpha value is -1.42. The van der Waals surface area contributed by atoms with Gasteiger partial charge in [0.05, 0.1) is 6.61 Å². The van der Waals surface area contributed by atoms with E-state index < -0.39 is 0 Å². The third-order valence-electron chi connectivity index (χ3n) is 1.80. The predicted molar refractivity (Wildman–Crippen MR) is 53.7 cm³/mol. The number of aliphatic hydroxyl groups excluding tert-OH is 1. The third-order valence-corrected chi connectivity index (χ3v) is 1.80. The van der Waals surface area contributed by atoms with E-state index in [9.17, 15) is 4.79 Å². The summed E-state index contributed by atoms with van der Waals surface area (Å²) in [5.74, 6) is 0.384. The third kappa shape index (κ3) is 2.81. The van der Waals surface area contributed by atoms with Crippen molar-refractivity contribution in [3.05, 3.63) is 23.9 Å². The molecule has 0 bridgehead atoms. The number of rotatable bonds is 4. The van der Waals surface area contributed by atoms with Gasteiger partial charge in [0.2, 0.25) is 5.91 Å². The summed E-state index contributed by atoms with van der Waals surface area (Å²) in [5, 5.41) is 11.6. The van der Waals surface area contributed by atoms with Crippen molar-refractivity contribution in [3.63, 3.8) is 0 Å². The molecule has 1 aromatic heterocycles. The molecule has 0 spiro atoms. The Morgan fingerprint density at radius 1 is 1.64 bits per heavy atom. The smallest absolute Gasteiger partial charge is 0.225 e. The molecule has 2 N–H and O–H groups in total. The zero-order valence-corrected chi connectivity index (χ0v) is 8.16. The first-order chi connectivity index (χ1) is 6.77. The lowest BCUT2D eigenvalue weighted by Crippen LogP contribution is -2.13. The molecular weight excluding hydrogens is 180 g/mol. The molecule has 1 heterocycles. The number of nitrogens with zero attached hydrogens (tertiary/aromatic N) is 1. The van der Waals surface area contributed by atoms with Gasteiger partial charge in [0.25, 0.3) is 0 Å². The number of hydrogen-bond acceptors (Lipinski definition) is 3. The molecule has 1 rings (SSSR count). The van der Waals surface area contributed by atoms with Crippen LogP contribution in [0.25, 0.3) is 0 Å². The van der Waals surface area contributed by atoms with Crippen LogP contribution in [0.15, 0.2) is 18.3 Å². The molecule has 1 aromatic rings. The molecule has 0 aliphatic carbocycles. The largest absolute Gasteiger partial charge is 0.392 e. The van der Waals surface area contributed by atoms with Crippen molar-refractivity contribution in [1.29, 1.82) is 0 Å². The van der Waals surface area contributed by atoms with Crippen molar-refractivity contribution in [3.8, 4) is 0 Å². The fraction of sp³-hybridized carbons (Fsp3) is 0.400. The van der Waals surface area contributed by atoms with Crippen molar-refractivity contribution in [2.75, 3.05) is 5.32 Å². The lowest BCUT2D eigenvalue weighted by molar-refractivity contribution is -0.116. The minimum Gasteiger partial charge on any atom is -0.392 e. The minimum atomic E-state index is -0.115. The molecule has 0 aromatic carbocycles. The number of carbonyl (C=O) groups excluding carboxylic acids is 1. The van der Waals surface area contributed by atoms with Crippen molar-refractivity contribution < 1.29 is 9.90 Å². The zero-order chi connectivity index (χ0) is 10.4. The molecule has 1 amide bonds. The van der Waals surface area contributed by atoms with E-state index in [4.69, 9.17) is 5.11 Å². The minimum absolute atomic E-state index is 0.0686. The van der Waals surface area contributed by atoms with Crippen LogP contribution in [-0.2, 0) is 11.4 Å². The molecule has 4 heteroatoms. The molecule has 0 saturated heterocycles. The average Bonchev–Trinajstić information content (AvgIpc) is 2.19. The Morgan fingerprint density at radius 3 is 3.07 bits per heavy atom. The second kappa shape index (κ2) is 5.34. The van der Waals surface area contributed by atoms with Gasteiger partial charge in [0, 0.05) is 18.2 Å². The highest BCUT2D eigenvalue weighted by Crippen LogP contribution is 2.11. The Morgan fingerprint density at radius 2 is 2.43 bits per heavy atom. The highest BCUT2D eigenvalue weighted by atomic mass is 16.3. The van der Waals surface area contributed by atoms with E-state index in [0.29, 0.717) is 17.8 Å². The fourth-order valence-electron chi connectivity index (χ4n) is 1.10. The predicted octanol–water partition coefficient (Wildman–Crippen LogP) is 1.31. The van der Waals surface area contributed by atoms with Gasteiger partial charge in [-0.05, 0) is 12.5 Å². The molecule has 0 aliphatic heterocycles. The summed E-state index contributed by atoms with van der Waals surface area (Å²) in [5.41, 5.74) is 0.636. The van der Waals surface area contributed by atoms with Gasteiger partial charge in [-0.25, -0.2) is 4.98 Å². The van der Waals surface area contributed by atoms with Crippen LogP contribution >= 0.6 is 0 Å². The van der Waals surface area contributed by atoms with Crippen molar-refractivity contribution >= 4 is 11.7 Å². The van der Waals surface area contributed by atoms with E-state index >= 15 is 0 Å². The van der Waals surface area contributed by atoms with Crippen molar-refractivity contribution in [2.45, 2.75) is 26.4 Å². The second-order valence-corrected chi connectivity index (χ2v) is 2.97. The van der Waals surface area contributed by atoms with E-state index in [-0.39, 0.29) is 12.5 Å². The number of aromatic nitrogens is 1. The maximum absolute atomic E-state index is 11.2. The summed E-state index contributed by atoms with van der Waals surface area (Å²) in [7, 11) is 0. The Kier molecular flexibility index (Phi) is 4.07. The van der Waals surface area contributed by atoms with E-state index in [1.165, 1.54) is 0 Å². The van der Waals surface area contributed by atoms with Crippen LogP contribution in [0.3, 0.4) is 0 Å². The van der Waals surface area contributed by atoms with Gasteiger partial charge < -0.3 is 10.4 Å². The molecule has 4 nitrogen and oxygen atoms in total. The summed E-state index contributed by atoms with van der Waals surface area (Å²) in [6.07, 6.45) is 2.86. The Balaban J connectivity index is 2.70. The molecule has 0 radical (unpaired) electrons. The Bertz CT molecular complexity index is 313. The van der Waals surface area contributed by atoms with Gasteiger partial charge in [-0.2, -0.15) is 0 Å². The van der Waals surface area contributed by atoms with Crippen LogP contribution < -0.4 is 5.32 Å². The van der Waals surface area contributed by atoms with Crippen LogP contribution in [0.1, 0.15) is 25.3 Å². The fourth-order valence-corrected chi connectivity index (χ4v) is 1.10.